The average Bonchev–Trinajstić information content (AvgIpc) is 3.22. The number of ether oxygens (including phenoxy) is 1. The van der Waals surface area contributed by atoms with Crippen LogP contribution >= 0.6 is 15.9 Å². The number of rotatable bonds is 6. The molecule has 3 N–H and O–H groups in total. The number of methoxy groups -OCH3 is 1. The first-order valence-corrected chi connectivity index (χ1v) is 7.20. The Morgan fingerprint density at radius 1 is 1.47 bits per heavy atom. The Bertz CT molecular complexity index is 462. The number of aromatic hydroxyl groups is 1. The van der Waals surface area contributed by atoms with E-state index >= 15 is 0 Å². The van der Waals surface area contributed by atoms with Gasteiger partial charge in [0.25, 0.3) is 0 Å². The molecule has 19 heavy (non-hydrogen) atoms. The van der Waals surface area contributed by atoms with Gasteiger partial charge in [-0.25, -0.2) is 0 Å². The number of aliphatic hydroxyl groups is 1. The molecule has 1 aromatic carbocycles. The molecule has 2 rings (SSSR count). The van der Waals surface area contributed by atoms with Crippen molar-refractivity contribution >= 4 is 15.9 Å². The lowest BCUT2D eigenvalue weighted by atomic mass is 9.96. The van der Waals surface area contributed by atoms with Crippen LogP contribution < -0.4 is 10.1 Å². The highest BCUT2D eigenvalue weighted by Gasteiger charge is 2.40. The van der Waals surface area contributed by atoms with Crippen molar-refractivity contribution in [1.82, 2.24) is 5.32 Å². The molecule has 1 aliphatic rings. The molecule has 0 radical (unpaired) electrons. The first-order valence-electron chi connectivity index (χ1n) is 6.41. The van der Waals surface area contributed by atoms with Gasteiger partial charge in [-0.2, -0.15) is 0 Å². The fourth-order valence-electron chi connectivity index (χ4n) is 2.23. The predicted molar refractivity (Wildman–Crippen MR) is 77.4 cm³/mol. The molecular weight excluding hydrogens is 310 g/mol. The van der Waals surface area contributed by atoms with E-state index in [4.69, 9.17) is 4.74 Å². The molecule has 1 aliphatic carbocycles. The molecule has 106 valence electrons. The Hall–Kier alpha value is -0.780. The highest BCUT2D eigenvalue weighted by atomic mass is 79.9. The Labute approximate surface area is 121 Å². The molecule has 5 heteroatoms. The summed E-state index contributed by atoms with van der Waals surface area (Å²) in [7, 11) is 1.53. The van der Waals surface area contributed by atoms with Gasteiger partial charge in [0.05, 0.1) is 13.7 Å². The van der Waals surface area contributed by atoms with Gasteiger partial charge in [0, 0.05) is 16.6 Å². The Morgan fingerprint density at radius 3 is 2.68 bits per heavy atom. The third-order valence-corrected chi connectivity index (χ3v) is 4.58. The van der Waals surface area contributed by atoms with Gasteiger partial charge in [-0.05, 0) is 43.4 Å². The lowest BCUT2D eigenvalue weighted by Crippen LogP contribution is -2.47. The maximum atomic E-state index is 9.67. The second-order valence-corrected chi connectivity index (χ2v) is 6.17. The molecule has 4 nitrogen and oxygen atoms in total. The molecule has 0 aromatic heterocycles. The van der Waals surface area contributed by atoms with Crippen LogP contribution in [0.2, 0.25) is 0 Å². The van der Waals surface area contributed by atoms with Gasteiger partial charge < -0.3 is 20.3 Å². The van der Waals surface area contributed by atoms with Gasteiger partial charge in [0.1, 0.15) is 0 Å². The summed E-state index contributed by atoms with van der Waals surface area (Å²) in [6, 6.07) is 3.43. The summed E-state index contributed by atoms with van der Waals surface area (Å²) in [6.07, 6.45) is 2.34. The van der Waals surface area contributed by atoms with Crippen LogP contribution in [0.25, 0.3) is 0 Å². The van der Waals surface area contributed by atoms with Gasteiger partial charge in [0.15, 0.2) is 11.5 Å². The van der Waals surface area contributed by atoms with Crippen molar-refractivity contribution < 1.29 is 14.9 Å². The first-order chi connectivity index (χ1) is 9.00. The fraction of sp³-hybridized carbons (Fsp3) is 0.571. The van der Waals surface area contributed by atoms with E-state index in [2.05, 4.69) is 28.2 Å². The van der Waals surface area contributed by atoms with Crippen molar-refractivity contribution in [2.75, 3.05) is 13.7 Å². The summed E-state index contributed by atoms with van der Waals surface area (Å²) in [6.45, 7) is 2.80. The summed E-state index contributed by atoms with van der Waals surface area (Å²) < 4.78 is 5.94. The molecule has 1 atom stereocenters. The molecule has 0 amide bonds. The van der Waals surface area contributed by atoms with Crippen molar-refractivity contribution in [3.05, 3.63) is 22.2 Å². The minimum Gasteiger partial charge on any atom is -0.504 e. The minimum atomic E-state index is -0.232. The van der Waals surface area contributed by atoms with Crippen LogP contribution in [0.5, 0.6) is 11.5 Å². The Balaban J connectivity index is 2.10. The SMILES string of the molecule is COc1cc(CNC(C)(CO)C2CC2)c(Br)cc1O. The van der Waals surface area contributed by atoms with E-state index in [1.54, 1.807) is 12.1 Å². The second kappa shape index (κ2) is 5.69. The third-order valence-electron chi connectivity index (χ3n) is 3.84. The highest BCUT2D eigenvalue weighted by Crippen LogP contribution is 2.40. The lowest BCUT2D eigenvalue weighted by Gasteiger charge is -2.29. The summed E-state index contributed by atoms with van der Waals surface area (Å²) >= 11 is 3.43. The Kier molecular flexibility index (Phi) is 4.38. The molecule has 0 aliphatic heterocycles. The zero-order valence-electron chi connectivity index (χ0n) is 11.2. The van der Waals surface area contributed by atoms with Crippen LogP contribution in [0, 0.1) is 5.92 Å². The standard InChI is InChI=1S/C14H20BrNO3/c1-14(8-17,10-3-4-10)16-7-9-5-13(19-2)12(18)6-11(9)15/h5-6,10,16-18H,3-4,7-8H2,1-2H3. The van der Waals surface area contributed by atoms with E-state index in [1.807, 2.05) is 0 Å². The second-order valence-electron chi connectivity index (χ2n) is 5.32. The number of phenols is 1. The topological polar surface area (TPSA) is 61.7 Å². The smallest absolute Gasteiger partial charge is 0.160 e. The van der Waals surface area contributed by atoms with Gasteiger partial charge in [0.2, 0.25) is 0 Å². The summed E-state index contributed by atoms with van der Waals surface area (Å²) in [4.78, 5) is 0. The van der Waals surface area contributed by atoms with E-state index in [0.29, 0.717) is 18.2 Å². The largest absolute Gasteiger partial charge is 0.504 e. The summed E-state index contributed by atoms with van der Waals surface area (Å²) in [5.41, 5.74) is 0.764. The minimum absolute atomic E-state index is 0.116. The summed E-state index contributed by atoms with van der Waals surface area (Å²) in [5.74, 6) is 1.12. The van der Waals surface area contributed by atoms with Crippen molar-refractivity contribution in [1.29, 1.82) is 0 Å². The number of hydrogen-bond acceptors (Lipinski definition) is 4. The van der Waals surface area contributed by atoms with Crippen molar-refractivity contribution in [3.63, 3.8) is 0 Å². The maximum Gasteiger partial charge on any atom is 0.160 e. The van der Waals surface area contributed by atoms with E-state index in [-0.39, 0.29) is 17.9 Å². The highest BCUT2D eigenvalue weighted by molar-refractivity contribution is 9.10. The van der Waals surface area contributed by atoms with Crippen LogP contribution in [-0.4, -0.2) is 29.5 Å². The average molecular weight is 330 g/mol. The molecular formula is C14H20BrNO3. The third kappa shape index (κ3) is 3.22. The number of benzene rings is 1. The van der Waals surface area contributed by atoms with Crippen molar-refractivity contribution in [2.45, 2.75) is 31.8 Å². The zero-order valence-corrected chi connectivity index (χ0v) is 12.8. The molecule has 0 spiro atoms. The van der Waals surface area contributed by atoms with Gasteiger partial charge >= 0.3 is 0 Å². The quantitative estimate of drug-likeness (QED) is 0.750. The van der Waals surface area contributed by atoms with E-state index in [0.717, 1.165) is 10.0 Å². The normalized spacial score (nSPS) is 18.1. The number of aliphatic hydroxyl groups excluding tert-OH is 1. The zero-order chi connectivity index (χ0) is 14.0. The summed E-state index contributed by atoms with van der Waals surface area (Å²) in [5, 5.41) is 22.6. The van der Waals surface area contributed by atoms with Gasteiger partial charge in [-0.3, -0.25) is 0 Å². The molecule has 0 bridgehead atoms. The van der Waals surface area contributed by atoms with E-state index in [1.165, 1.54) is 20.0 Å². The molecule has 0 heterocycles. The predicted octanol–water partition coefficient (Wildman–Crippen LogP) is 2.41. The molecule has 0 saturated heterocycles. The number of halogens is 1. The van der Waals surface area contributed by atoms with Crippen molar-refractivity contribution in [2.24, 2.45) is 5.92 Å². The molecule has 1 saturated carbocycles. The van der Waals surface area contributed by atoms with Gasteiger partial charge in [-0.15, -0.1) is 0 Å². The molecule has 1 fully saturated rings. The lowest BCUT2D eigenvalue weighted by molar-refractivity contribution is 0.153. The van der Waals surface area contributed by atoms with Gasteiger partial charge in [-0.1, -0.05) is 15.9 Å². The van der Waals surface area contributed by atoms with E-state index in [9.17, 15) is 10.2 Å². The monoisotopic (exact) mass is 329 g/mol. The first kappa shape index (κ1) is 14.6. The van der Waals surface area contributed by atoms with Crippen LogP contribution in [0.15, 0.2) is 16.6 Å². The van der Waals surface area contributed by atoms with Crippen LogP contribution in [0.3, 0.4) is 0 Å². The maximum absolute atomic E-state index is 9.67. The number of hydrogen-bond donors (Lipinski definition) is 3. The fourth-order valence-corrected chi connectivity index (χ4v) is 2.70. The van der Waals surface area contributed by atoms with Crippen LogP contribution in [0.1, 0.15) is 25.3 Å². The Morgan fingerprint density at radius 2 is 2.16 bits per heavy atom. The van der Waals surface area contributed by atoms with Crippen molar-refractivity contribution in [3.8, 4) is 11.5 Å². The van der Waals surface area contributed by atoms with Crippen LogP contribution in [0.4, 0.5) is 0 Å². The molecule has 1 unspecified atom stereocenters. The van der Waals surface area contributed by atoms with Crippen LogP contribution in [-0.2, 0) is 6.54 Å². The number of phenolic OH excluding ortho intramolecular Hbond substituents is 1. The number of nitrogens with one attached hydrogen (secondary N) is 1. The molecule has 1 aromatic rings. The van der Waals surface area contributed by atoms with E-state index < -0.39 is 0 Å².